The SMILES string of the molecule is CCCc1c(NC(=O)OC(C)(C)C)cnc2cccnc12. The van der Waals surface area contributed by atoms with E-state index in [1.807, 2.05) is 32.9 Å². The zero-order chi connectivity index (χ0) is 15.5. The molecule has 0 bridgehead atoms. The fraction of sp³-hybridized carbons (Fsp3) is 0.438. The van der Waals surface area contributed by atoms with Crippen LogP contribution in [-0.2, 0) is 11.2 Å². The van der Waals surface area contributed by atoms with Crippen LogP contribution in [-0.4, -0.2) is 21.7 Å². The zero-order valence-electron chi connectivity index (χ0n) is 12.9. The maximum atomic E-state index is 11.9. The van der Waals surface area contributed by atoms with Crippen molar-refractivity contribution in [1.82, 2.24) is 9.97 Å². The molecule has 5 heteroatoms. The molecule has 0 aliphatic rings. The van der Waals surface area contributed by atoms with Gasteiger partial charge in [-0.2, -0.15) is 0 Å². The summed E-state index contributed by atoms with van der Waals surface area (Å²) in [6, 6.07) is 3.77. The first-order valence-electron chi connectivity index (χ1n) is 7.13. The summed E-state index contributed by atoms with van der Waals surface area (Å²) in [6.07, 6.45) is 4.70. The van der Waals surface area contributed by atoms with Crippen LogP contribution in [0.5, 0.6) is 0 Å². The number of anilines is 1. The lowest BCUT2D eigenvalue weighted by Crippen LogP contribution is -2.27. The van der Waals surface area contributed by atoms with Gasteiger partial charge in [-0.3, -0.25) is 15.3 Å². The summed E-state index contributed by atoms with van der Waals surface area (Å²) < 4.78 is 5.29. The predicted molar refractivity (Wildman–Crippen MR) is 83.4 cm³/mol. The molecule has 1 N–H and O–H groups in total. The van der Waals surface area contributed by atoms with Gasteiger partial charge in [0.25, 0.3) is 0 Å². The lowest BCUT2D eigenvalue weighted by Gasteiger charge is -2.20. The second kappa shape index (κ2) is 6.08. The minimum absolute atomic E-state index is 0.475. The number of aromatic nitrogens is 2. The quantitative estimate of drug-likeness (QED) is 0.929. The Morgan fingerprint density at radius 2 is 2.10 bits per heavy atom. The van der Waals surface area contributed by atoms with Gasteiger partial charge in [0.15, 0.2) is 0 Å². The minimum atomic E-state index is -0.530. The van der Waals surface area contributed by atoms with E-state index in [0.29, 0.717) is 5.69 Å². The third-order valence-corrected chi connectivity index (χ3v) is 2.87. The zero-order valence-corrected chi connectivity index (χ0v) is 12.9. The monoisotopic (exact) mass is 287 g/mol. The molecule has 0 atom stereocenters. The average molecular weight is 287 g/mol. The van der Waals surface area contributed by atoms with Gasteiger partial charge in [0.2, 0.25) is 0 Å². The molecule has 0 aliphatic heterocycles. The molecule has 1 amide bonds. The van der Waals surface area contributed by atoms with Crippen molar-refractivity contribution in [2.24, 2.45) is 0 Å². The van der Waals surface area contributed by atoms with Crippen LogP contribution in [0.1, 0.15) is 39.7 Å². The number of rotatable bonds is 3. The molecule has 21 heavy (non-hydrogen) atoms. The Hall–Kier alpha value is -2.17. The Kier molecular flexibility index (Phi) is 4.40. The van der Waals surface area contributed by atoms with Crippen LogP contribution < -0.4 is 5.32 Å². The third kappa shape index (κ3) is 3.90. The lowest BCUT2D eigenvalue weighted by atomic mass is 10.1. The summed E-state index contributed by atoms with van der Waals surface area (Å²) in [6.45, 7) is 7.59. The smallest absolute Gasteiger partial charge is 0.412 e. The molecule has 0 radical (unpaired) electrons. The van der Waals surface area contributed by atoms with Gasteiger partial charge in [0, 0.05) is 11.8 Å². The van der Waals surface area contributed by atoms with Gasteiger partial charge < -0.3 is 4.74 Å². The summed E-state index contributed by atoms with van der Waals surface area (Å²) >= 11 is 0. The Morgan fingerprint density at radius 1 is 1.33 bits per heavy atom. The van der Waals surface area contributed by atoms with Crippen molar-refractivity contribution >= 4 is 22.8 Å². The third-order valence-electron chi connectivity index (χ3n) is 2.87. The number of carbonyl (C=O) groups excluding carboxylic acids is 1. The highest BCUT2D eigenvalue weighted by atomic mass is 16.6. The fourth-order valence-corrected chi connectivity index (χ4v) is 2.10. The van der Waals surface area contributed by atoms with Crippen LogP contribution in [0.4, 0.5) is 10.5 Å². The number of carbonyl (C=O) groups is 1. The first-order chi connectivity index (χ1) is 9.90. The van der Waals surface area contributed by atoms with Gasteiger partial charge in [-0.1, -0.05) is 13.3 Å². The molecular weight excluding hydrogens is 266 g/mol. The molecule has 0 aliphatic carbocycles. The number of nitrogens with one attached hydrogen (secondary N) is 1. The van der Waals surface area contributed by atoms with Gasteiger partial charge in [-0.15, -0.1) is 0 Å². The molecule has 5 nitrogen and oxygen atoms in total. The maximum absolute atomic E-state index is 11.9. The first-order valence-corrected chi connectivity index (χ1v) is 7.13. The van der Waals surface area contributed by atoms with Crippen molar-refractivity contribution in [3.8, 4) is 0 Å². The van der Waals surface area contributed by atoms with E-state index in [4.69, 9.17) is 4.74 Å². The number of hydrogen-bond donors (Lipinski definition) is 1. The first kappa shape index (κ1) is 15.2. The highest BCUT2D eigenvalue weighted by Crippen LogP contribution is 2.24. The molecule has 2 heterocycles. The summed E-state index contributed by atoms with van der Waals surface area (Å²) in [7, 11) is 0. The van der Waals surface area contributed by atoms with Crippen molar-refractivity contribution in [2.75, 3.05) is 5.32 Å². The van der Waals surface area contributed by atoms with Crippen molar-refractivity contribution in [1.29, 1.82) is 0 Å². The van der Waals surface area contributed by atoms with Crippen LogP contribution in [0.15, 0.2) is 24.5 Å². The van der Waals surface area contributed by atoms with Gasteiger partial charge in [0.05, 0.1) is 22.9 Å². The van der Waals surface area contributed by atoms with Gasteiger partial charge in [0.1, 0.15) is 5.60 Å². The van der Waals surface area contributed by atoms with E-state index >= 15 is 0 Å². The minimum Gasteiger partial charge on any atom is -0.444 e. The Balaban J connectivity index is 2.35. The van der Waals surface area contributed by atoms with Crippen molar-refractivity contribution in [2.45, 2.75) is 46.1 Å². The van der Waals surface area contributed by atoms with Crippen LogP contribution in [0.3, 0.4) is 0 Å². The van der Waals surface area contributed by atoms with E-state index in [9.17, 15) is 4.79 Å². The molecule has 2 aromatic rings. The molecular formula is C16H21N3O2. The molecule has 0 spiro atoms. The Bertz CT molecular complexity index is 648. The standard InChI is InChI=1S/C16H21N3O2/c1-5-7-11-13(19-15(20)21-16(2,3)4)10-18-12-8-6-9-17-14(11)12/h6,8-10H,5,7H2,1-4H3,(H,19,20). The highest BCUT2D eigenvalue weighted by Gasteiger charge is 2.18. The Labute approximate surface area is 124 Å². The van der Waals surface area contributed by atoms with Crippen LogP contribution >= 0.6 is 0 Å². The molecule has 0 fully saturated rings. The number of fused-ring (bicyclic) bond motifs is 1. The second-order valence-electron chi connectivity index (χ2n) is 5.90. The number of aryl methyl sites for hydroxylation is 1. The van der Waals surface area contributed by atoms with E-state index in [-0.39, 0.29) is 0 Å². The van der Waals surface area contributed by atoms with Crippen molar-refractivity contribution < 1.29 is 9.53 Å². The molecule has 0 saturated heterocycles. The van der Waals surface area contributed by atoms with Gasteiger partial charge in [-0.25, -0.2) is 4.79 Å². The largest absolute Gasteiger partial charge is 0.444 e. The van der Waals surface area contributed by atoms with E-state index in [0.717, 1.165) is 29.4 Å². The summed E-state index contributed by atoms with van der Waals surface area (Å²) in [5.74, 6) is 0. The maximum Gasteiger partial charge on any atom is 0.412 e. The second-order valence-corrected chi connectivity index (χ2v) is 5.90. The van der Waals surface area contributed by atoms with Gasteiger partial charge in [-0.05, 0) is 39.3 Å². The van der Waals surface area contributed by atoms with Crippen LogP contribution in [0.25, 0.3) is 11.0 Å². The van der Waals surface area contributed by atoms with Crippen LogP contribution in [0, 0.1) is 0 Å². The van der Waals surface area contributed by atoms with Gasteiger partial charge >= 0.3 is 6.09 Å². The summed E-state index contributed by atoms with van der Waals surface area (Å²) in [5.41, 5.74) is 2.78. The van der Waals surface area contributed by atoms with E-state index < -0.39 is 11.7 Å². The number of nitrogens with zero attached hydrogens (tertiary/aromatic N) is 2. The highest BCUT2D eigenvalue weighted by molar-refractivity contribution is 5.91. The number of hydrogen-bond acceptors (Lipinski definition) is 4. The molecule has 2 aromatic heterocycles. The predicted octanol–water partition coefficient (Wildman–Crippen LogP) is 3.93. The molecule has 0 unspecified atom stereocenters. The number of ether oxygens (including phenoxy) is 1. The van der Waals surface area contributed by atoms with Crippen LogP contribution in [0.2, 0.25) is 0 Å². The molecule has 0 saturated carbocycles. The fourth-order valence-electron chi connectivity index (χ4n) is 2.10. The molecule has 2 rings (SSSR count). The summed E-state index contributed by atoms with van der Waals surface area (Å²) in [5, 5.41) is 2.78. The van der Waals surface area contributed by atoms with E-state index in [1.54, 1.807) is 12.4 Å². The Morgan fingerprint density at radius 3 is 2.76 bits per heavy atom. The average Bonchev–Trinajstić information content (AvgIpc) is 2.39. The van der Waals surface area contributed by atoms with Crippen molar-refractivity contribution in [3.63, 3.8) is 0 Å². The molecule has 112 valence electrons. The topological polar surface area (TPSA) is 64.1 Å². The van der Waals surface area contributed by atoms with E-state index in [2.05, 4.69) is 22.2 Å². The molecule has 0 aromatic carbocycles. The number of amides is 1. The normalized spacial score (nSPS) is 11.4. The summed E-state index contributed by atoms with van der Waals surface area (Å²) in [4.78, 5) is 20.7. The lowest BCUT2D eigenvalue weighted by molar-refractivity contribution is 0.0635. The van der Waals surface area contributed by atoms with Crippen molar-refractivity contribution in [3.05, 3.63) is 30.1 Å². The number of pyridine rings is 2. The van der Waals surface area contributed by atoms with E-state index in [1.165, 1.54) is 0 Å².